The molecule has 0 aromatic heterocycles. The number of halogens is 2. The molecule has 0 saturated carbocycles. The number of anilines is 2. The van der Waals surface area contributed by atoms with Crippen LogP contribution in [0.4, 0.5) is 11.4 Å². The maximum atomic E-state index is 12.3. The van der Waals surface area contributed by atoms with E-state index in [0.717, 1.165) is 31.4 Å². The van der Waals surface area contributed by atoms with E-state index < -0.39 is 0 Å². The van der Waals surface area contributed by atoms with Crippen molar-refractivity contribution in [1.82, 2.24) is 0 Å². The van der Waals surface area contributed by atoms with Crippen LogP contribution in [-0.4, -0.2) is 5.91 Å². The number of rotatable bonds is 0. The number of benzene rings is 2. The predicted molar refractivity (Wildman–Crippen MR) is 90.7 cm³/mol. The lowest BCUT2D eigenvalue weighted by atomic mass is 10.1. The van der Waals surface area contributed by atoms with Gasteiger partial charge in [0.25, 0.3) is 0 Å². The summed E-state index contributed by atoms with van der Waals surface area (Å²) < 4.78 is 7.90. The molecule has 0 aliphatic carbocycles. The molecule has 1 amide bonds. The van der Waals surface area contributed by atoms with Crippen molar-refractivity contribution < 1.29 is 9.53 Å². The number of amides is 1. The first-order valence-corrected chi connectivity index (χ1v) is 8.07. The van der Waals surface area contributed by atoms with Crippen LogP contribution in [-0.2, 0) is 4.79 Å². The molecule has 0 unspecified atom stereocenters. The SMILES string of the molecule is CC(=O)N1c2c(ccc(Br)c2C)Oc2ccc(Br)c(C)c21. The van der Waals surface area contributed by atoms with Gasteiger partial charge in [0.1, 0.15) is 0 Å². The molecule has 2 aromatic carbocycles. The summed E-state index contributed by atoms with van der Waals surface area (Å²) in [5.41, 5.74) is 3.55. The third-order valence-corrected chi connectivity index (χ3v) is 5.36. The fourth-order valence-corrected chi connectivity index (χ4v) is 3.21. The number of hydrogen-bond acceptors (Lipinski definition) is 2. The van der Waals surface area contributed by atoms with Crippen LogP contribution in [0.3, 0.4) is 0 Å². The maximum absolute atomic E-state index is 12.3. The van der Waals surface area contributed by atoms with Crippen LogP contribution < -0.4 is 9.64 Å². The van der Waals surface area contributed by atoms with Crippen LogP contribution in [0, 0.1) is 13.8 Å². The monoisotopic (exact) mass is 409 g/mol. The van der Waals surface area contributed by atoms with E-state index in [1.807, 2.05) is 38.1 Å². The molecule has 0 atom stereocenters. The Labute approximate surface area is 140 Å². The average molecular weight is 411 g/mol. The van der Waals surface area contributed by atoms with Crippen LogP contribution in [0.15, 0.2) is 33.2 Å². The summed E-state index contributed by atoms with van der Waals surface area (Å²) in [7, 11) is 0. The number of fused-ring (bicyclic) bond motifs is 2. The number of hydrogen-bond donors (Lipinski definition) is 0. The van der Waals surface area contributed by atoms with Gasteiger partial charge in [-0.3, -0.25) is 9.69 Å². The van der Waals surface area contributed by atoms with Gasteiger partial charge >= 0.3 is 0 Å². The second kappa shape index (κ2) is 5.14. The van der Waals surface area contributed by atoms with E-state index in [-0.39, 0.29) is 5.91 Å². The first-order valence-electron chi connectivity index (χ1n) is 6.48. The van der Waals surface area contributed by atoms with Gasteiger partial charge in [-0.15, -0.1) is 0 Å². The lowest BCUT2D eigenvalue weighted by molar-refractivity contribution is -0.115. The van der Waals surface area contributed by atoms with Gasteiger partial charge in [0.2, 0.25) is 5.91 Å². The molecular formula is C16H13Br2NO2. The summed E-state index contributed by atoms with van der Waals surface area (Å²) in [6, 6.07) is 7.62. The van der Waals surface area contributed by atoms with E-state index in [2.05, 4.69) is 31.9 Å². The quantitative estimate of drug-likeness (QED) is 0.564. The lowest BCUT2D eigenvalue weighted by Crippen LogP contribution is -2.28. The number of carbonyl (C=O) groups excluding carboxylic acids is 1. The molecule has 1 aliphatic heterocycles. The first kappa shape index (κ1) is 14.6. The van der Waals surface area contributed by atoms with E-state index in [1.54, 1.807) is 11.8 Å². The maximum Gasteiger partial charge on any atom is 0.228 e. The van der Waals surface area contributed by atoms with Crippen molar-refractivity contribution >= 4 is 49.1 Å². The molecule has 0 bridgehead atoms. The zero-order valence-corrected chi connectivity index (χ0v) is 15.0. The minimum atomic E-state index is -0.0387. The Balaban J connectivity index is 2.35. The van der Waals surface area contributed by atoms with Crippen LogP contribution in [0.1, 0.15) is 18.1 Å². The highest BCUT2D eigenvalue weighted by Gasteiger charge is 2.31. The van der Waals surface area contributed by atoms with E-state index in [4.69, 9.17) is 4.74 Å². The van der Waals surface area contributed by atoms with E-state index in [1.165, 1.54) is 0 Å². The van der Waals surface area contributed by atoms with Crippen LogP contribution in [0.25, 0.3) is 0 Å². The van der Waals surface area contributed by atoms with Crippen LogP contribution in [0.5, 0.6) is 11.5 Å². The molecule has 5 heteroatoms. The van der Waals surface area contributed by atoms with Gasteiger partial charge in [0, 0.05) is 15.9 Å². The predicted octanol–water partition coefficient (Wildman–Crippen LogP) is 5.62. The Kier molecular flexibility index (Phi) is 3.58. The fraction of sp³-hybridized carbons (Fsp3) is 0.188. The van der Waals surface area contributed by atoms with E-state index >= 15 is 0 Å². The molecule has 3 rings (SSSR count). The number of ether oxygens (including phenoxy) is 1. The second-order valence-corrected chi connectivity index (χ2v) is 6.70. The molecule has 0 radical (unpaired) electrons. The number of carbonyl (C=O) groups is 1. The second-order valence-electron chi connectivity index (χ2n) is 4.99. The Morgan fingerprint density at radius 3 is 1.76 bits per heavy atom. The van der Waals surface area contributed by atoms with Gasteiger partial charge in [0.05, 0.1) is 11.4 Å². The van der Waals surface area contributed by atoms with Crippen molar-refractivity contribution in [3.05, 3.63) is 44.3 Å². The fourth-order valence-electron chi connectivity index (χ4n) is 2.57. The summed E-state index contributed by atoms with van der Waals surface area (Å²) in [5.74, 6) is 1.35. The smallest absolute Gasteiger partial charge is 0.228 e. The molecule has 21 heavy (non-hydrogen) atoms. The van der Waals surface area contributed by atoms with Gasteiger partial charge in [-0.2, -0.15) is 0 Å². The Bertz CT molecular complexity index is 714. The highest BCUT2D eigenvalue weighted by Crippen LogP contribution is 2.51. The van der Waals surface area contributed by atoms with Crippen molar-refractivity contribution in [3.8, 4) is 11.5 Å². The van der Waals surface area contributed by atoms with Crippen molar-refractivity contribution in [2.45, 2.75) is 20.8 Å². The van der Waals surface area contributed by atoms with Crippen molar-refractivity contribution in [2.75, 3.05) is 4.90 Å². The molecule has 1 heterocycles. The van der Waals surface area contributed by atoms with Gasteiger partial charge in [-0.25, -0.2) is 0 Å². The molecule has 0 saturated heterocycles. The largest absolute Gasteiger partial charge is 0.453 e. The third-order valence-electron chi connectivity index (χ3n) is 3.64. The summed E-state index contributed by atoms with van der Waals surface area (Å²) in [6.07, 6.45) is 0. The van der Waals surface area contributed by atoms with Gasteiger partial charge < -0.3 is 4.74 Å². The molecule has 0 spiro atoms. The standard InChI is InChI=1S/C16H13Br2NO2/c1-8-11(17)4-6-13-15(8)19(10(3)20)16-9(2)12(18)5-7-14(16)21-13/h4-7H,1-3H3. The van der Waals surface area contributed by atoms with Crippen LogP contribution in [0.2, 0.25) is 0 Å². The number of nitrogens with zero attached hydrogens (tertiary/aromatic N) is 1. The van der Waals surface area contributed by atoms with Gasteiger partial charge in [0.15, 0.2) is 11.5 Å². The molecule has 0 N–H and O–H groups in total. The van der Waals surface area contributed by atoms with Crippen molar-refractivity contribution in [1.29, 1.82) is 0 Å². The molecule has 108 valence electrons. The highest BCUT2D eigenvalue weighted by atomic mass is 79.9. The van der Waals surface area contributed by atoms with E-state index in [0.29, 0.717) is 11.5 Å². The van der Waals surface area contributed by atoms with E-state index in [9.17, 15) is 4.79 Å². The average Bonchev–Trinajstić information content (AvgIpc) is 2.45. The Morgan fingerprint density at radius 2 is 1.38 bits per heavy atom. The Morgan fingerprint density at radius 1 is 0.952 bits per heavy atom. The zero-order valence-electron chi connectivity index (χ0n) is 11.8. The van der Waals surface area contributed by atoms with Gasteiger partial charge in [-0.05, 0) is 49.2 Å². The first-order chi connectivity index (χ1) is 9.91. The summed E-state index contributed by atoms with van der Waals surface area (Å²) in [6.45, 7) is 5.51. The van der Waals surface area contributed by atoms with Crippen molar-refractivity contribution in [2.24, 2.45) is 0 Å². The summed E-state index contributed by atoms with van der Waals surface area (Å²) in [4.78, 5) is 14.0. The zero-order chi connectivity index (χ0) is 15.3. The Hall–Kier alpha value is -1.33. The van der Waals surface area contributed by atoms with Gasteiger partial charge in [-0.1, -0.05) is 31.9 Å². The minimum Gasteiger partial charge on any atom is -0.453 e. The van der Waals surface area contributed by atoms with Crippen molar-refractivity contribution in [3.63, 3.8) is 0 Å². The lowest BCUT2D eigenvalue weighted by Gasteiger charge is -2.33. The molecule has 2 aromatic rings. The van der Waals surface area contributed by atoms with Crippen LogP contribution >= 0.6 is 31.9 Å². The molecular weight excluding hydrogens is 398 g/mol. The summed E-state index contributed by atoms with van der Waals surface area (Å²) >= 11 is 7.04. The molecule has 3 nitrogen and oxygen atoms in total. The topological polar surface area (TPSA) is 29.5 Å². The molecule has 0 fully saturated rings. The normalized spacial score (nSPS) is 12.5. The highest BCUT2D eigenvalue weighted by molar-refractivity contribution is 9.10. The molecule has 1 aliphatic rings. The summed E-state index contributed by atoms with van der Waals surface area (Å²) in [5, 5.41) is 0. The minimum absolute atomic E-state index is 0.0387. The third kappa shape index (κ3) is 2.19.